The fourth-order valence-corrected chi connectivity index (χ4v) is 3.09. The standard InChI is InChI=1S/C15H32N2O2/c1-3-17(9-12-19-11-6-10-18-2)15-8-5-4-7-14(15)13-16/h14-15H,3-13,16H2,1-2H3. The minimum Gasteiger partial charge on any atom is -0.385 e. The molecule has 0 aromatic rings. The van der Waals surface area contributed by atoms with Crippen LogP contribution in [0.1, 0.15) is 39.0 Å². The van der Waals surface area contributed by atoms with E-state index in [0.717, 1.165) is 45.9 Å². The van der Waals surface area contributed by atoms with E-state index in [2.05, 4.69) is 11.8 Å². The zero-order chi connectivity index (χ0) is 13.9. The van der Waals surface area contributed by atoms with E-state index in [0.29, 0.717) is 12.0 Å². The van der Waals surface area contributed by atoms with Crippen molar-refractivity contribution in [2.24, 2.45) is 11.7 Å². The van der Waals surface area contributed by atoms with Gasteiger partial charge in [-0.15, -0.1) is 0 Å². The Balaban J connectivity index is 2.23. The van der Waals surface area contributed by atoms with E-state index in [1.54, 1.807) is 7.11 Å². The number of methoxy groups -OCH3 is 1. The summed E-state index contributed by atoms with van der Waals surface area (Å²) in [4.78, 5) is 2.56. The van der Waals surface area contributed by atoms with E-state index in [9.17, 15) is 0 Å². The third kappa shape index (κ3) is 6.21. The van der Waals surface area contributed by atoms with Gasteiger partial charge >= 0.3 is 0 Å². The molecule has 0 amide bonds. The molecule has 0 heterocycles. The first-order valence-electron chi connectivity index (χ1n) is 7.84. The summed E-state index contributed by atoms with van der Waals surface area (Å²) in [5, 5.41) is 0. The number of hydrogen-bond donors (Lipinski definition) is 1. The summed E-state index contributed by atoms with van der Waals surface area (Å²) >= 11 is 0. The Kier molecular flexibility index (Phi) is 9.43. The molecule has 0 aromatic heterocycles. The fraction of sp³-hybridized carbons (Fsp3) is 1.00. The summed E-state index contributed by atoms with van der Waals surface area (Å²) < 4.78 is 10.7. The van der Waals surface area contributed by atoms with Crippen molar-refractivity contribution in [1.82, 2.24) is 4.90 Å². The Morgan fingerprint density at radius 1 is 1.16 bits per heavy atom. The monoisotopic (exact) mass is 272 g/mol. The molecule has 19 heavy (non-hydrogen) atoms. The first kappa shape index (κ1) is 16.9. The molecule has 114 valence electrons. The normalized spacial score (nSPS) is 24.0. The van der Waals surface area contributed by atoms with Crippen LogP contribution in [0.4, 0.5) is 0 Å². The Bertz CT molecular complexity index is 214. The summed E-state index contributed by atoms with van der Waals surface area (Å²) in [6, 6.07) is 0.673. The maximum atomic E-state index is 5.92. The zero-order valence-corrected chi connectivity index (χ0v) is 12.8. The Labute approximate surface area is 118 Å². The van der Waals surface area contributed by atoms with E-state index in [-0.39, 0.29) is 0 Å². The van der Waals surface area contributed by atoms with Crippen molar-refractivity contribution in [3.05, 3.63) is 0 Å². The summed E-state index contributed by atoms with van der Waals surface area (Å²) in [6.45, 7) is 7.62. The number of hydrogen-bond acceptors (Lipinski definition) is 4. The van der Waals surface area contributed by atoms with Gasteiger partial charge in [0.05, 0.1) is 6.61 Å². The molecule has 1 fully saturated rings. The smallest absolute Gasteiger partial charge is 0.0593 e. The van der Waals surface area contributed by atoms with Crippen LogP contribution in [0.25, 0.3) is 0 Å². The van der Waals surface area contributed by atoms with Crippen molar-refractivity contribution in [3.8, 4) is 0 Å². The first-order chi connectivity index (χ1) is 9.33. The lowest BCUT2D eigenvalue weighted by molar-refractivity contribution is 0.0522. The third-order valence-electron chi connectivity index (χ3n) is 4.21. The maximum Gasteiger partial charge on any atom is 0.0593 e. The van der Waals surface area contributed by atoms with Gasteiger partial charge in [-0.05, 0) is 38.3 Å². The lowest BCUT2D eigenvalue weighted by Gasteiger charge is -2.39. The topological polar surface area (TPSA) is 47.7 Å². The molecule has 1 rings (SSSR count). The van der Waals surface area contributed by atoms with Crippen LogP contribution < -0.4 is 5.73 Å². The zero-order valence-electron chi connectivity index (χ0n) is 12.8. The second-order valence-corrected chi connectivity index (χ2v) is 5.43. The lowest BCUT2D eigenvalue weighted by atomic mass is 9.83. The summed E-state index contributed by atoms with van der Waals surface area (Å²) in [5.74, 6) is 0.683. The molecule has 0 spiro atoms. The molecule has 0 radical (unpaired) electrons. The number of likely N-dealkylation sites (N-methyl/N-ethyl adjacent to an activating group) is 1. The molecule has 2 unspecified atom stereocenters. The van der Waals surface area contributed by atoms with Gasteiger partial charge in [-0.25, -0.2) is 0 Å². The highest BCUT2D eigenvalue weighted by atomic mass is 16.5. The molecule has 1 aliphatic rings. The highest BCUT2D eigenvalue weighted by molar-refractivity contribution is 4.83. The lowest BCUT2D eigenvalue weighted by Crippen LogP contribution is -2.46. The predicted molar refractivity (Wildman–Crippen MR) is 79.4 cm³/mol. The molecule has 4 heteroatoms. The van der Waals surface area contributed by atoms with Crippen LogP contribution in [0.5, 0.6) is 0 Å². The number of ether oxygens (including phenoxy) is 2. The molecule has 2 atom stereocenters. The summed E-state index contributed by atoms with van der Waals surface area (Å²) in [6.07, 6.45) is 6.29. The molecule has 2 N–H and O–H groups in total. The second kappa shape index (κ2) is 10.6. The fourth-order valence-electron chi connectivity index (χ4n) is 3.09. The number of nitrogens with two attached hydrogens (primary N) is 1. The minimum atomic E-state index is 0.673. The van der Waals surface area contributed by atoms with Crippen molar-refractivity contribution in [2.45, 2.75) is 45.1 Å². The minimum absolute atomic E-state index is 0.673. The molecule has 0 aromatic carbocycles. The molecular formula is C15H32N2O2. The van der Waals surface area contributed by atoms with Gasteiger partial charge in [-0.1, -0.05) is 19.8 Å². The van der Waals surface area contributed by atoms with Crippen LogP contribution in [0.3, 0.4) is 0 Å². The van der Waals surface area contributed by atoms with Gasteiger partial charge in [-0.2, -0.15) is 0 Å². The second-order valence-electron chi connectivity index (χ2n) is 5.43. The van der Waals surface area contributed by atoms with E-state index in [1.807, 2.05) is 0 Å². The molecule has 4 nitrogen and oxygen atoms in total. The largest absolute Gasteiger partial charge is 0.385 e. The highest BCUT2D eigenvalue weighted by Gasteiger charge is 2.28. The van der Waals surface area contributed by atoms with Crippen molar-refractivity contribution in [1.29, 1.82) is 0 Å². The van der Waals surface area contributed by atoms with Crippen molar-refractivity contribution in [2.75, 3.05) is 46.6 Å². The van der Waals surface area contributed by atoms with Gasteiger partial charge in [0.2, 0.25) is 0 Å². The highest BCUT2D eigenvalue weighted by Crippen LogP contribution is 2.27. The molecule has 0 bridgehead atoms. The molecule has 1 aliphatic carbocycles. The van der Waals surface area contributed by atoms with Crippen molar-refractivity contribution < 1.29 is 9.47 Å². The summed E-state index contributed by atoms with van der Waals surface area (Å²) in [7, 11) is 1.73. The van der Waals surface area contributed by atoms with Gasteiger partial charge in [-0.3, -0.25) is 4.90 Å². The van der Waals surface area contributed by atoms with E-state index >= 15 is 0 Å². The van der Waals surface area contributed by atoms with E-state index in [4.69, 9.17) is 15.2 Å². The van der Waals surface area contributed by atoms with Crippen LogP contribution in [0.2, 0.25) is 0 Å². The Hall–Kier alpha value is -0.160. The van der Waals surface area contributed by atoms with Crippen LogP contribution in [-0.2, 0) is 9.47 Å². The molecule has 0 aliphatic heterocycles. The average molecular weight is 272 g/mol. The molecule has 1 saturated carbocycles. The van der Waals surface area contributed by atoms with Crippen LogP contribution in [0.15, 0.2) is 0 Å². The molecule has 0 saturated heterocycles. The third-order valence-corrected chi connectivity index (χ3v) is 4.21. The molecular weight excluding hydrogens is 240 g/mol. The van der Waals surface area contributed by atoms with Gasteiger partial charge in [0.1, 0.15) is 0 Å². The average Bonchev–Trinajstić information content (AvgIpc) is 2.47. The van der Waals surface area contributed by atoms with Gasteiger partial charge < -0.3 is 15.2 Å². The number of rotatable bonds is 10. The predicted octanol–water partition coefficient (Wildman–Crippen LogP) is 1.88. The number of nitrogens with zero attached hydrogens (tertiary/aromatic N) is 1. The van der Waals surface area contributed by atoms with Gasteiger partial charge in [0.15, 0.2) is 0 Å². The van der Waals surface area contributed by atoms with Crippen molar-refractivity contribution >= 4 is 0 Å². The van der Waals surface area contributed by atoms with E-state index in [1.165, 1.54) is 25.7 Å². The quantitative estimate of drug-likeness (QED) is 0.617. The van der Waals surface area contributed by atoms with E-state index < -0.39 is 0 Å². The summed E-state index contributed by atoms with van der Waals surface area (Å²) in [5.41, 5.74) is 5.92. The maximum absolute atomic E-state index is 5.92. The Morgan fingerprint density at radius 2 is 1.95 bits per heavy atom. The Morgan fingerprint density at radius 3 is 2.63 bits per heavy atom. The van der Waals surface area contributed by atoms with Crippen LogP contribution in [-0.4, -0.2) is 57.5 Å². The van der Waals surface area contributed by atoms with Crippen LogP contribution >= 0.6 is 0 Å². The van der Waals surface area contributed by atoms with Crippen molar-refractivity contribution in [3.63, 3.8) is 0 Å². The van der Waals surface area contributed by atoms with Gasteiger partial charge in [0.25, 0.3) is 0 Å². The van der Waals surface area contributed by atoms with Gasteiger partial charge in [0, 0.05) is 32.9 Å². The SMILES string of the molecule is CCN(CCOCCCOC)C1CCCCC1CN. The van der Waals surface area contributed by atoms with Crippen LogP contribution in [0, 0.1) is 5.92 Å². The first-order valence-corrected chi connectivity index (χ1v) is 7.84.